The number of nitrogens with one attached hydrogen (secondary N) is 1. The van der Waals surface area contributed by atoms with Crippen LogP contribution in [0.15, 0.2) is 0 Å². The average Bonchev–Trinajstić information content (AvgIpc) is 2.51. The van der Waals surface area contributed by atoms with Crippen LogP contribution in [0.3, 0.4) is 0 Å². The molecule has 1 unspecified atom stereocenters. The highest BCUT2D eigenvalue weighted by atomic mass is 35.5. The van der Waals surface area contributed by atoms with Gasteiger partial charge in [0.25, 0.3) is 0 Å². The highest BCUT2D eigenvalue weighted by molar-refractivity contribution is 6.31. The Labute approximate surface area is 184 Å². The van der Waals surface area contributed by atoms with E-state index in [0.29, 0.717) is 17.8 Å². The third kappa shape index (κ3) is 6.89. The Kier molecular flexibility index (Phi) is 7.77. The molecular weight excluding hydrogens is 413 g/mol. The van der Waals surface area contributed by atoms with E-state index in [9.17, 15) is 5.11 Å². The summed E-state index contributed by atoms with van der Waals surface area (Å²) < 4.78 is 0. The Bertz CT molecular complexity index is 656. The molecule has 2 heterocycles. The smallest absolute Gasteiger partial charge is 0.228 e. The van der Waals surface area contributed by atoms with E-state index in [-0.39, 0.29) is 28.3 Å². The second-order valence-corrected chi connectivity index (χ2v) is 10.6. The first-order valence-corrected chi connectivity index (χ1v) is 11.0. The molecular formula is C20H35Cl2N5O2. The van der Waals surface area contributed by atoms with Gasteiger partial charge in [-0.3, -0.25) is 4.84 Å². The lowest BCUT2D eigenvalue weighted by Crippen LogP contribution is -2.62. The van der Waals surface area contributed by atoms with Crippen LogP contribution in [-0.2, 0) is 4.84 Å². The zero-order valence-electron chi connectivity index (χ0n) is 18.6. The molecule has 1 atom stereocenters. The number of hydrogen-bond acceptors (Lipinski definition) is 7. The minimum absolute atomic E-state index is 0.0834. The first-order valence-electron chi connectivity index (χ1n) is 10.2. The van der Waals surface area contributed by atoms with Crippen molar-refractivity contribution in [3.63, 3.8) is 0 Å². The maximum Gasteiger partial charge on any atom is 0.228 e. The number of aliphatic hydroxyl groups is 1. The molecule has 0 radical (unpaired) electrons. The van der Waals surface area contributed by atoms with Gasteiger partial charge < -0.3 is 10.4 Å². The average molecular weight is 448 g/mol. The Hall–Kier alpha value is -0.730. The normalized spacial score (nSPS) is 21.2. The van der Waals surface area contributed by atoms with Crippen molar-refractivity contribution >= 4 is 29.2 Å². The van der Waals surface area contributed by atoms with Crippen molar-refractivity contribution in [2.75, 3.05) is 18.5 Å². The molecule has 1 saturated heterocycles. The van der Waals surface area contributed by atoms with Crippen LogP contribution in [0, 0.1) is 11.8 Å². The Morgan fingerprint density at radius 1 is 1.14 bits per heavy atom. The number of aromatic nitrogens is 3. The molecule has 0 aliphatic carbocycles. The summed E-state index contributed by atoms with van der Waals surface area (Å²) in [7, 11) is 0. The number of anilines is 1. The van der Waals surface area contributed by atoms with Gasteiger partial charge in [-0.05, 0) is 89.4 Å². The van der Waals surface area contributed by atoms with Gasteiger partial charge >= 0.3 is 0 Å². The summed E-state index contributed by atoms with van der Waals surface area (Å²) in [5.41, 5.74) is -1.19. The van der Waals surface area contributed by atoms with Gasteiger partial charge in [-0.15, -0.1) is 0 Å². The first kappa shape index (κ1) is 24.5. The molecule has 0 bridgehead atoms. The van der Waals surface area contributed by atoms with Crippen LogP contribution in [-0.4, -0.2) is 55.0 Å². The van der Waals surface area contributed by atoms with Gasteiger partial charge in [0.2, 0.25) is 16.5 Å². The van der Waals surface area contributed by atoms with Crippen molar-refractivity contribution in [1.29, 1.82) is 0 Å². The van der Waals surface area contributed by atoms with Gasteiger partial charge in [-0.2, -0.15) is 20.0 Å². The summed E-state index contributed by atoms with van der Waals surface area (Å²) in [5.74, 6) is 1.32. The van der Waals surface area contributed by atoms with Crippen molar-refractivity contribution in [2.24, 2.45) is 11.8 Å². The van der Waals surface area contributed by atoms with Gasteiger partial charge in [0.15, 0.2) is 0 Å². The number of halogens is 2. The van der Waals surface area contributed by atoms with Crippen LogP contribution in [0.4, 0.5) is 5.95 Å². The minimum atomic E-state index is -0.869. The second kappa shape index (κ2) is 9.18. The first-order chi connectivity index (χ1) is 13.2. The topological polar surface area (TPSA) is 83.4 Å². The van der Waals surface area contributed by atoms with Crippen molar-refractivity contribution in [3.8, 4) is 0 Å². The molecule has 1 fully saturated rings. The molecule has 9 heteroatoms. The molecule has 1 aliphatic heterocycles. The van der Waals surface area contributed by atoms with E-state index in [1.54, 1.807) is 13.8 Å². The van der Waals surface area contributed by atoms with E-state index < -0.39 is 5.60 Å². The second-order valence-electron chi connectivity index (χ2n) is 9.92. The van der Waals surface area contributed by atoms with Crippen molar-refractivity contribution in [3.05, 3.63) is 10.6 Å². The molecule has 166 valence electrons. The lowest BCUT2D eigenvalue weighted by atomic mass is 9.69. The number of piperidine rings is 1. The van der Waals surface area contributed by atoms with Gasteiger partial charge in [0.1, 0.15) is 0 Å². The molecule has 0 amide bonds. The van der Waals surface area contributed by atoms with Gasteiger partial charge in [0, 0.05) is 17.6 Å². The van der Waals surface area contributed by atoms with Gasteiger partial charge in [-0.25, -0.2) is 0 Å². The van der Waals surface area contributed by atoms with Gasteiger partial charge in [-0.1, -0.05) is 13.3 Å². The number of hydrogen-bond donors (Lipinski definition) is 2. The Morgan fingerprint density at radius 2 is 1.66 bits per heavy atom. The lowest BCUT2D eigenvalue weighted by molar-refractivity contribution is -0.304. The largest absolute Gasteiger partial charge is 0.388 e. The fourth-order valence-corrected chi connectivity index (χ4v) is 4.88. The minimum Gasteiger partial charge on any atom is -0.388 e. The Balaban J connectivity index is 2.09. The van der Waals surface area contributed by atoms with E-state index in [1.165, 1.54) is 0 Å². The van der Waals surface area contributed by atoms with Crippen LogP contribution in [0.1, 0.15) is 67.7 Å². The molecule has 1 aromatic rings. The zero-order chi connectivity index (χ0) is 22.0. The molecule has 0 saturated carbocycles. The van der Waals surface area contributed by atoms with Crippen LogP contribution >= 0.6 is 23.2 Å². The van der Waals surface area contributed by atoms with E-state index >= 15 is 0 Å². The predicted molar refractivity (Wildman–Crippen MR) is 117 cm³/mol. The third-order valence-corrected chi connectivity index (χ3v) is 5.80. The number of hydroxylamine groups is 2. The van der Waals surface area contributed by atoms with E-state index in [2.05, 4.69) is 60.0 Å². The maximum absolute atomic E-state index is 10.1. The molecule has 29 heavy (non-hydrogen) atoms. The van der Waals surface area contributed by atoms with E-state index in [1.807, 2.05) is 0 Å². The molecule has 0 aromatic carbocycles. The summed E-state index contributed by atoms with van der Waals surface area (Å²) >= 11 is 11.8. The summed E-state index contributed by atoms with van der Waals surface area (Å²) in [6, 6.07) is 0. The van der Waals surface area contributed by atoms with Gasteiger partial charge in [0.05, 0.1) is 12.2 Å². The van der Waals surface area contributed by atoms with Crippen molar-refractivity contribution < 1.29 is 9.94 Å². The molecule has 7 nitrogen and oxygen atoms in total. The molecule has 1 aromatic heterocycles. The number of nitrogens with zero attached hydrogens (tertiary/aromatic N) is 4. The lowest BCUT2D eigenvalue weighted by Gasteiger charge is -2.55. The highest BCUT2D eigenvalue weighted by Gasteiger charge is 2.48. The van der Waals surface area contributed by atoms with Crippen molar-refractivity contribution in [2.45, 2.75) is 84.4 Å². The fraction of sp³-hybridized carbons (Fsp3) is 0.850. The number of rotatable bonds is 8. The van der Waals surface area contributed by atoms with Crippen LogP contribution in [0.5, 0.6) is 0 Å². The molecule has 2 N–H and O–H groups in total. The molecule has 1 aliphatic rings. The van der Waals surface area contributed by atoms with Crippen LogP contribution in [0.2, 0.25) is 10.6 Å². The summed E-state index contributed by atoms with van der Waals surface area (Å²) in [6.45, 7) is 15.5. The maximum atomic E-state index is 10.1. The third-order valence-electron chi connectivity index (χ3n) is 5.46. The SMILES string of the molecule is CCC(CNc1nc(Cl)nc(Cl)n1)C1CC(C)(C)N(OCC(C)(C)O)C(C)(C)C1. The van der Waals surface area contributed by atoms with E-state index in [0.717, 1.165) is 25.8 Å². The molecule has 2 rings (SSSR count). The quantitative estimate of drug-likeness (QED) is 0.602. The predicted octanol–water partition coefficient (Wildman–Crippen LogP) is 4.59. The van der Waals surface area contributed by atoms with Crippen molar-refractivity contribution in [1.82, 2.24) is 20.0 Å². The van der Waals surface area contributed by atoms with Crippen LogP contribution < -0.4 is 5.32 Å². The standard InChI is InChI=1S/C20H35Cl2N5O2/c1-8-13(11-23-17-25-15(21)24-16(22)26-17)14-9-18(2,3)27(19(4,5)10-14)29-12-20(6,7)28/h13-14,28H,8-12H2,1-7H3,(H,23,24,25,26). The monoisotopic (exact) mass is 447 g/mol. The zero-order valence-corrected chi connectivity index (χ0v) is 20.1. The fourth-order valence-electron chi connectivity index (χ4n) is 4.52. The van der Waals surface area contributed by atoms with E-state index in [4.69, 9.17) is 28.0 Å². The summed E-state index contributed by atoms with van der Waals surface area (Å²) in [4.78, 5) is 18.1. The molecule has 0 spiro atoms. The van der Waals surface area contributed by atoms with Crippen LogP contribution in [0.25, 0.3) is 0 Å². The summed E-state index contributed by atoms with van der Waals surface area (Å²) in [5, 5.41) is 15.6. The summed E-state index contributed by atoms with van der Waals surface area (Å²) in [6.07, 6.45) is 3.00. The Morgan fingerprint density at radius 3 is 2.10 bits per heavy atom. The highest BCUT2D eigenvalue weighted by Crippen LogP contribution is 2.45.